The van der Waals surface area contributed by atoms with Gasteiger partial charge in [-0.05, 0) is 36.3 Å². The normalized spacial score (nSPS) is 10.7. The number of aromatic nitrogens is 1. The molecule has 3 aromatic rings. The quantitative estimate of drug-likeness (QED) is 0.466. The monoisotopic (exact) mass is 374 g/mol. The highest BCUT2D eigenvalue weighted by atomic mass is 32.2. The molecule has 134 valence electrons. The molecule has 1 aromatic heterocycles. The van der Waals surface area contributed by atoms with Crippen molar-refractivity contribution in [2.75, 3.05) is 5.75 Å². The molecule has 1 N–H and O–H groups in total. The molecule has 0 fully saturated rings. The Hall–Kier alpha value is -2.67. The van der Waals surface area contributed by atoms with E-state index in [1.54, 1.807) is 18.2 Å². The molecule has 0 aliphatic heterocycles. The molecule has 0 atom stereocenters. The summed E-state index contributed by atoms with van der Waals surface area (Å²) in [5.41, 5.74) is 2.62. The van der Waals surface area contributed by atoms with Gasteiger partial charge in [0.1, 0.15) is 5.52 Å². The average molecular weight is 374 g/mol. The number of benzene rings is 2. The summed E-state index contributed by atoms with van der Waals surface area (Å²) in [6, 6.07) is 14.6. The number of rotatable bonds is 7. The molecule has 7 heteroatoms. The van der Waals surface area contributed by atoms with Crippen molar-refractivity contribution in [2.24, 2.45) is 0 Å². The van der Waals surface area contributed by atoms with E-state index in [1.807, 2.05) is 30.3 Å². The Morgan fingerprint density at radius 2 is 2.00 bits per heavy atom. The summed E-state index contributed by atoms with van der Waals surface area (Å²) in [4.78, 5) is 16.6. The van der Waals surface area contributed by atoms with E-state index in [4.69, 9.17) is 4.42 Å². The van der Waals surface area contributed by atoms with Crippen molar-refractivity contribution in [3.63, 3.8) is 0 Å². The van der Waals surface area contributed by atoms with Crippen LogP contribution < -0.4 is 5.32 Å². The number of oxazole rings is 1. The Bertz CT molecular complexity index is 922. The maximum Gasteiger partial charge on any atom is 0.266 e. The van der Waals surface area contributed by atoms with Crippen LogP contribution in [0.4, 0.5) is 8.78 Å². The Morgan fingerprint density at radius 3 is 2.77 bits per heavy atom. The van der Waals surface area contributed by atoms with Crippen LogP contribution in [0, 0.1) is 0 Å². The minimum absolute atomic E-state index is 0.198. The number of hydrogen-bond acceptors (Lipinski definition) is 4. The number of carbonyl (C=O) groups is 1. The molecule has 1 amide bonds. The zero-order valence-electron chi connectivity index (χ0n) is 13.7. The number of allylic oxidation sites excluding steroid dienone is 1. The second kappa shape index (κ2) is 8.62. The number of nitrogens with zero attached hydrogens (tertiary/aromatic N) is 1. The minimum atomic E-state index is -1.69. The number of nitrogens with one attached hydrogen (secondary N) is 1. The van der Waals surface area contributed by atoms with E-state index in [2.05, 4.69) is 10.3 Å². The number of thioether (sulfide) groups is 1. The Balaban J connectivity index is 1.62. The molecule has 2 aromatic carbocycles. The highest BCUT2D eigenvalue weighted by Gasteiger charge is 2.11. The molecular weight excluding hydrogens is 358 g/mol. The summed E-state index contributed by atoms with van der Waals surface area (Å²) >= 11 is 1.25. The van der Waals surface area contributed by atoms with Crippen LogP contribution in [-0.4, -0.2) is 16.6 Å². The van der Waals surface area contributed by atoms with Crippen LogP contribution >= 0.6 is 11.8 Å². The molecule has 3 rings (SSSR count). The van der Waals surface area contributed by atoms with E-state index in [0.717, 1.165) is 11.6 Å². The fourth-order valence-corrected chi connectivity index (χ4v) is 3.03. The standard InChI is InChI=1S/C19H16F2N2O2S/c20-17(21)7-4-10-26-19-23-15-11-14(8-9-16(15)25-19)18(24)22-12-13-5-2-1-3-6-13/h1-3,5-9,11H,4,10,12H2,(H,22,24). The largest absolute Gasteiger partial charge is 0.431 e. The van der Waals surface area contributed by atoms with Crippen LogP contribution in [-0.2, 0) is 6.54 Å². The van der Waals surface area contributed by atoms with Crippen molar-refractivity contribution in [2.45, 2.75) is 18.2 Å². The van der Waals surface area contributed by atoms with Crippen molar-refractivity contribution in [1.82, 2.24) is 10.3 Å². The van der Waals surface area contributed by atoms with Crippen LogP contribution in [0.3, 0.4) is 0 Å². The molecule has 1 heterocycles. The van der Waals surface area contributed by atoms with Gasteiger partial charge in [-0.1, -0.05) is 42.1 Å². The fourth-order valence-electron chi connectivity index (χ4n) is 2.30. The van der Waals surface area contributed by atoms with Crippen molar-refractivity contribution in [3.05, 3.63) is 71.8 Å². The predicted octanol–water partition coefficient (Wildman–Crippen LogP) is 5.02. The summed E-state index contributed by atoms with van der Waals surface area (Å²) in [6.07, 6.45) is -0.585. The molecule has 0 spiro atoms. The first kappa shape index (κ1) is 18.1. The van der Waals surface area contributed by atoms with Gasteiger partial charge in [0.2, 0.25) is 0 Å². The molecule has 0 bridgehead atoms. The van der Waals surface area contributed by atoms with Gasteiger partial charge >= 0.3 is 0 Å². The summed E-state index contributed by atoms with van der Waals surface area (Å²) in [5.74, 6) is 0.241. The Labute approximate surface area is 153 Å². The molecule has 0 aliphatic carbocycles. The van der Waals surface area contributed by atoms with E-state index in [0.29, 0.717) is 34.2 Å². The minimum Gasteiger partial charge on any atom is -0.431 e. The first-order chi connectivity index (χ1) is 12.6. The number of hydrogen-bond donors (Lipinski definition) is 1. The highest BCUT2D eigenvalue weighted by molar-refractivity contribution is 7.99. The molecule has 0 radical (unpaired) electrons. The summed E-state index contributed by atoms with van der Waals surface area (Å²) in [6.45, 7) is 0.441. The Kier molecular flexibility index (Phi) is 6.01. The van der Waals surface area contributed by atoms with Gasteiger partial charge in [-0.2, -0.15) is 8.78 Å². The third-order valence-electron chi connectivity index (χ3n) is 3.57. The van der Waals surface area contributed by atoms with Gasteiger partial charge in [-0.25, -0.2) is 4.98 Å². The van der Waals surface area contributed by atoms with Crippen LogP contribution in [0.15, 0.2) is 70.3 Å². The molecular formula is C19H16F2N2O2S. The SMILES string of the molecule is O=C(NCc1ccccc1)c1ccc2oc(SCCC=C(F)F)nc2c1. The van der Waals surface area contributed by atoms with E-state index in [-0.39, 0.29) is 12.3 Å². The van der Waals surface area contributed by atoms with Crippen LogP contribution in [0.5, 0.6) is 0 Å². The lowest BCUT2D eigenvalue weighted by molar-refractivity contribution is 0.0951. The van der Waals surface area contributed by atoms with Gasteiger partial charge < -0.3 is 9.73 Å². The Morgan fingerprint density at radius 1 is 1.19 bits per heavy atom. The maximum atomic E-state index is 12.3. The third kappa shape index (κ3) is 4.92. The highest BCUT2D eigenvalue weighted by Crippen LogP contribution is 2.25. The van der Waals surface area contributed by atoms with Crippen molar-refractivity contribution < 1.29 is 18.0 Å². The molecule has 0 aliphatic rings. The average Bonchev–Trinajstić information content (AvgIpc) is 3.06. The van der Waals surface area contributed by atoms with Gasteiger partial charge in [0.25, 0.3) is 17.2 Å². The van der Waals surface area contributed by atoms with Gasteiger partial charge in [-0.15, -0.1) is 0 Å². The van der Waals surface area contributed by atoms with E-state index in [9.17, 15) is 13.6 Å². The fraction of sp³-hybridized carbons (Fsp3) is 0.158. The molecule has 0 unspecified atom stereocenters. The summed E-state index contributed by atoms with van der Waals surface area (Å²) < 4.78 is 29.5. The van der Waals surface area contributed by atoms with Crippen molar-refractivity contribution in [3.8, 4) is 0 Å². The first-order valence-corrected chi connectivity index (χ1v) is 8.97. The van der Waals surface area contributed by atoms with Crippen LogP contribution in [0.2, 0.25) is 0 Å². The molecule has 0 saturated heterocycles. The van der Waals surface area contributed by atoms with Crippen LogP contribution in [0.25, 0.3) is 11.1 Å². The lowest BCUT2D eigenvalue weighted by Gasteiger charge is -2.05. The van der Waals surface area contributed by atoms with Gasteiger partial charge in [0, 0.05) is 17.9 Å². The predicted molar refractivity (Wildman–Crippen MR) is 97.3 cm³/mol. The second-order valence-electron chi connectivity index (χ2n) is 5.46. The van der Waals surface area contributed by atoms with Gasteiger partial charge in [-0.3, -0.25) is 4.79 Å². The van der Waals surface area contributed by atoms with Crippen molar-refractivity contribution >= 4 is 28.8 Å². The number of amides is 1. The third-order valence-corrected chi connectivity index (χ3v) is 4.43. The first-order valence-electron chi connectivity index (χ1n) is 7.98. The van der Waals surface area contributed by atoms with Gasteiger partial charge in [0.15, 0.2) is 5.58 Å². The van der Waals surface area contributed by atoms with E-state index in [1.165, 1.54) is 11.8 Å². The second-order valence-corrected chi connectivity index (χ2v) is 6.51. The van der Waals surface area contributed by atoms with E-state index >= 15 is 0 Å². The number of carbonyl (C=O) groups excluding carboxylic acids is 1. The lowest BCUT2D eigenvalue weighted by Crippen LogP contribution is -2.22. The molecule has 0 saturated carbocycles. The van der Waals surface area contributed by atoms with Crippen LogP contribution in [0.1, 0.15) is 22.3 Å². The number of fused-ring (bicyclic) bond motifs is 1. The maximum absolute atomic E-state index is 12.3. The number of halogens is 2. The molecule has 26 heavy (non-hydrogen) atoms. The molecule has 4 nitrogen and oxygen atoms in total. The zero-order chi connectivity index (χ0) is 18.4. The topological polar surface area (TPSA) is 55.1 Å². The van der Waals surface area contributed by atoms with Crippen molar-refractivity contribution in [1.29, 1.82) is 0 Å². The lowest BCUT2D eigenvalue weighted by atomic mass is 10.2. The zero-order valence-corrected chi connectivity index (χ0v) is 14.6. The smallest absolute Gasteiger partial charge is 0.266 e. The van der Waals surface area contributed by atoms with E-state index < -0.39 is 6.08 Å². The van der Waals surface area contributed by atoms with Gasteiger partial charge in [0.05, 0.1) is 0 Å². The summed E-state index contributed by atoms with van der Waals surface area (Å²) in [5, 5.41) is 3.26. The summed E-state index contributed by atoms with van der Waals surface area (Å²) in [7, 11) is 0.